The van der Waals surface area contributed by atoms with Crippen LogP contribution in [0.2, 0.25) is 0 Å². The molecule has 3 amide bonds. The minimum atomic E-state index is -0.453. The number of primary amides is 1. The van der Waals surface area contributed by atoms with Crippen LogP contribution in [0.4, 0.5) is 16.2 Å². The Kier molecular flexibility index (Phi) is 4.33. The summed E-state index contributed by atoms with van der Waals surface area (Å²) in [5.41, 5.74) is 11.8. The summed E-state index contributed by atoms with van der Waals surface area (Å²) in [5, 5.41) is 5.21. The molecule has 1 unspecified atom stereocenters. The molecule has 0 aliphatic rings. The second-order valence-electron chi connectivity index (χ2n) is 3.79. The zero-order chi connectivity index (χ0) is 12.8. The standard InChI is InChI=1S/C11H16N4O2/c1-7(6-10(13)16)14-11(17)15-9-4-2-8(12)3-5-9/h2-5,7H,6,12H2,1H3,(H2,13,16)(H2,14,15,17). The molecule has 0 radical (unpaired) electrons. The number of urea groups is 1. The van der Waals surface area contributed by atoms with Gasteiger partial charge in [-0.2, -0.15) is 0 Å². The molecular formula is C11H16N4O2. The third-order valence-electron chi connectivity index (χ3n) is 2.05. The Balaban J connectivity index is 2.44. The molecule has 0 aliphatic carbocycles. The number of carbonyl (C=O) groups is 2. The van der Waals surface area contributed by atoms with Gasteiger partial charge in [0.15, 0.2) is 0 Å². The SMILES string of the molecule is CC(CC(N)=O)NC(=O)Nc1ccc(N)cc1. The molecule has 1 atom stereocenters. The van der Waals surface area contributed by atoms with E-state index in [1.54, 1.807) is 31.2 Å². The maximum atomic E-state index is 11.5. The van der Waals surface area contributed by atoms with Gasteiger partial charge in [0.05, 0.1) is 0 Å². The Morgan fingerprint density at radius 3 is 2.41 bits per heavy atom. The van der Waals surface area contributed by atoms with E-state index in [4.69, 9.17) is 11.5 Å². The zero-order valence-corrected chi connectivity index (χ0v) is 9.57. The highest BCUT2D eigenvalue weighted by molar-refractivity contribution is 5.90. The minimum absolute atomic E-state index is 0.106. The predicted molar refractivity (Wildman–Crippen MR) is 66.3 cm³/mol. The van der Waals surface area contributed by atoms with Crippen LogP contribution in [0.1, 0.15) is 13.3 Å². The van der Waals surface area contributed by atoms with Gasteiger partial charge in [-0.25, -0.2) is 4.79 Å². The van der Waals surface area contributed by atoms with Crippen molar-refractivity contribution >= 4 is 23.3 Å². The van der Waals surface area contributed by atoms with E-state index in [0.29, 0.717) is 11.4 Å². The first-order valence-corrected chi connectivity index (χ1v) is 5.18. The predicted octanol–water partition coefficient (Wildman–Crippen LogP) is 0.654. The number of nitrogens with one attached hydrogen (secondary N) is 2. The molecule has 1 aromatic carbocycles. The van der Waals surface area contributed by atoms with E-state index in [-0.39, 0.29) is 18.5 Å². The Bertz CT molecular complexity index is 402. The maximum Gasteiger partial charge on any atom is 0.319 e. The van der Waals surface area contributed by atoms with Gasteiger partial charge in [0.25, 0.3) is 0 Å². The molecule has 0 saturated carbocycles. The van der Waals surface area contributed by atoms with Crippen molar-refractivity contribution in [3.8, 4) is 0 Å². The highest BCUT2D eigenvalue weighted by atomic mass is 16.2. The van der Waals surface area contributed by atoms with Crippen molar-refractivity contribution in [3.63, 3.8) is 0 Å². The molecule has 0 bridgehead atoms. The molecule has 1 aromatic rings. The van der Waals surface area contributed by atoms with E-state index in [2.05, 4.69) is 10.6 Å². The lowest BCUT2D eigenvalue weighted by atomic mass is 10.2. The minimum Gasteiger partial charge on any atom is -0.399 e. The Morgan fingerprint density at radius 1 is 1.29 bits per heavy atom. The second kappa shape index (κ2) is 5.74. The molecule has 6 heteroatoms. The quantitative estimate of drug-likeness (QED) is 0.576. The fourth-order valence-electron chi connectivity index (χ4n) is 1.31. The van der Waals surface area contributed by atoms with Crippen LogP contribution in [0.5, 0.6) is 0 Å². The van der Waals surface area contributed by atoms with Gasteiger partial charge in [0, 0.05) is 23.8 Å². The number of benzene rings is 1. The molecule has 0 saturated heterocycles. The largest absolute Gasteiger partial charge is 0.399 e. The summed E-state index contributed by atoms with van der Waals surface area (Å²) in [6.07, 6.45) is 0.106. The Labute approximate surface area is 99.4 Å². The van der Waals surface area contributed by atoms with Gasteiger partial charge in [-0.15, -0.1) is 0 Å². The van der Waals surface area contributed by atoms with Gasteiger partial charge in [-0.3, -0.25) is 4.79 Å². The molecule has 0 heterocycles. The average molecular weight is 236 g/mol. The molecule has 0 aliphatic heterocycles. The molecule has 6 N–H and O–H groups in total. The van der Waals surface area contributed by atoms with Crippen molar-refractivity contribution in [1.29, 1.82) is 0 Å². The first kappa shape index (κ1) is 12.8. The molecule has 17 heavy (non-hydrogen) atoms. The second-order valence-corrected chi connectivity index (χ2v) is 3.79. The first-order valence-electron chi connectivity index (χ1n) is 5.18. The van der Waals surface area contributed by atoms with E-state index in [0.717, 1.165) is 0 Å². The molecular weight excluding hydrogens is 220 g/mol. The lowest BCUT2D eigenvalue weighted by molar-refractivity contribution is -0.118. The van der Waals surface area contributed by atoms with Gasteiger partial charge >= 0.3 is 6.03 Å². The fraction of sp³-hybridized carbons (Fsp3) is 0.273. The molecule has 1 rings (SSSR count). The van der Waals surface area contributed by atoms with Crippen LogP contribution in [0.3, 0.4) is 0 Å². The van der Waals surface area contributed by atoms with Gasteiger partial charge in [-0.1, -0.05) is 0 Å². The monoisotopic (exact) mass is 236 g/mol. The first-order chi connectivity index (χ1) is 7.97. The third-order valence-corrected chi connectivity index (χ3v) is 2.05. The highest BCUT2D eigenvalue weighted by Gasteiger charge is 2.09. The molecule has 6 nitrogen and oxygen atoms in total. The summed E-state index contributed by atoms with van der Waals surface area (Å²) in [4.78, 5) is 22.1. The number of carbonyl (C=O) groups excluding carboxylic acids is 2. The van der Waals surface area contributed by atoms with Gasteiger partial charge < -0.3 is 22.1 Å². The van der Waals surface area contributed by atoms with E-state index in [1.807, 2.05) is 0 Å². The topological polar surface area (TPSA) is 110 Å². The van der Waals surface area contributed by atoms with Crippen LogP contribution < -0.4 is 22.1 Å². The number of hydrogen-bond acceptors (Lipinski definition) is 3. The smallest absolute Gasteiger partial charge is 0.319 e. The molecule has 0 aromatic heterocycles. The summed E-state index contributed by atoms with van der Waals surface area (Å²) in [7, 11) is 0. The van der Waals surface area contributed by atoms with E-state index < -0.39 is 5.91 Å². The molecule has 0 spiro atoms. The highest BCUT2D eigenvalue weighted by Crippen LogP contribution is 2.10. The number of hydrogen-bond donors (Lipinski definition) is 4. The van der Waals surface area contributed by atoms with Gasteiger partial charge in [0.1, 0.15) is 0 Å². The number of rotatable bonds is 4. The number of nitrogens with two attached hydrogens (primary N) is 2. The van der Waals surface area contributed by atoms with Crippen molar-refractivity contribution in [3.05, 3.63) is 24.3 Å². The molecule has 92 valence electrons. The van der Waals surface area contributed by atoms with Crippen molar-refractivity contribution in [2.75, 3.05) is 11.1 Å². The van der Waals surface area contributed by atoms with Gasteiger partial charge in [-0.05, 0) is 31.2 Å². The summed E-state index contributed by atoms with van der Waals surface area (Å²) >= 11 is 0. The van der Waals surface area contributed by atoms with Crippen LogP contribution in [0, 0.1) is 0 Å². The summed E-state index contributed by atoms with van der Waals surface area (Å²) in [6, 6.07) is 6.05. The van der Waals surface area contributed by atoms with Crippen molar-refractivity contribution < 1.29 is 9.59 Å². The van der Waals surface area contributed by atoms with Crippen LogP contribution >= 0.6 is 0 Å². The third kappa shape index (κ3) is 4.87. The van der Waals surface area contributed by atoms with E-state index in [1.165, 1.54) is 0 Å². The van der Waals surface area contributed by atoms with Crippen molar-refractivity contribution in [2.45, 2.75) is 19.4 Å². The van der Waals surface area contributed by atoms with Crippen LogP contribution in [0.15, 0.2) is 24.3 Å². The van der Waals surface area contributed by atoms with Crippen LogP contribution in [-0.4, -0.2) is 18.0 Å². The van der Waals surface area contributed by atoms with Gasteiger partial charge in [0.2, 0.25) is 5.91 Å². The van der Waals surface area contributed by atoms with Crippen molar-refractivity contribution in [1.82, 2.24) is 5.32 Å². The van der Waals surface area contributed by atoms with Crippen molar-refractivity contribution in [2.24, 2.45) is 5.73 Å². The van der Waals surface area contributed by atoms with E-state index >= 15 is 0 Å². The Hall–Kier alpha value is -2.24. The lowest BCUT2D eigenvalue weighted by Gasteiger charge is -2.13. The van der Waals surface area contributed by atoms with Crippen LogP contribution in [0.25, 0.3) is 0 Å². The number of anilines is 2. The maximum absolute atomic E-state index is 11.5. The number of amides is 3. The summed E-state index contributed by atoms with van der Waals surface area (Å²) < 4.78 is 0. The molecule has 0 fully saturated rings. The lowest BCUT2D eigenvalue weighted by Crippen LogP contribution is -2.38. The fourth-order valence-corrected chi connectivity index (χ4v) is 1.31. The normalized spacial score (nSPS) is 11.6. The zero-order valence-electron chi connectivity index (χ0n) is 9.57. The number of nitrogen functional groups attached to an aromatic ring is 1. The van der Waals surface area contributed by atoms with E-state index in [9.17, 15) is 9.59 Å². The average Bonchev–Trinajstić information content (AvgIpc) is 2.19. The Morgan fingerprint density at radius 2 is 1.88 bits per heavy atom. The van der Waals surface area contributed by atoms with Crippen LogP contribution in [-0.2, 0) is 4.79 Å². The summed E-state index contributed by atoms with van der Waals surface area (Å²) in [5.74, 6) is -0.453. The summed E-state index contributed by atoms with van der Waals surface area (Å²) in [6.45, 7) is 1.70.